The van der Waals surface area contributed by atoms with Crippen LogP contribution < -0.4 is 10.2 Å². The average molecular weight is 209 g/mol. The molecule has 15 heavy (non-hydrogen) atoms. The first-order chi connectivity index (χ1) is 7.07. The lowest BCUT2D eigenvalue weighted by molar-refractivity contribution is -0.384. The van der Waals surface area contributed by atoms with E-state index in [9.17, 15) is 15.3 Å². The molecule has 1 heterocycles. The van der Waals surface area contributed by atoms with Crippen molar-refractivity contribution in [3.8, 4) is 0 Å². The van der Waals surface area contributed by atoms with Crippen LogP contribution in [0.25, 0.3) is 0 Å². The summed E-state index contributed by atoms with van der Waals surface area (Å²) in [6.07, 6.45) is 0. The summed E-state index contributed by atoms with van der Waals surface area (Å²) < 4.78 is -0.604. The Morgan fingerprint density at radius 1 is 1.60 bits per heavy atom. The number of nitro benzene ring substituents is 1. The predicted octanol–water partition coefficient (Wildman–Crippen LogP) is 1.44. The first kappa shape index (κ1) is 10.0. The summed E-state index contributed by atoms with van der Waals surface area (Å²) in [5.41, 5.74) is 4.08. The molecule has 6 nitrogen and oxygen atoms in total. The van der Waals surface area contributed by atoms with Gasteiger partial charge < -0.3 is 5.21 Å². The smallest absolute Gasteiger partial charge is 0.270 e. The van der Waals surface area contributed by atoms with Crippen molar-refractivity contribution >= 4 is 11.4 Å². The topological polar surface area (TPSA) is 78.2 Å². The van der Waals surface area contributed by atoms with Crippen LogP contribution in [0.3, 0.4) is 0 Å². The quantitative estimate of drug-likeness (QED) is 0.346. The fourth-order valence-corrected chi connectivity index (χ4v) is 1.76. The zero-order valence-electron chi connectivity index (χ0n) is 8.27. The number of rotatable bonds is 2. The first-order valence-electron chi connectivity index (χ1n) is 4.69. The van der Waals surface area contributed by atoms with Crippen molar-refractivity contribution < 1.29 is 4.92 Å². The molecule has 0 aromatic heterocycles. The summed E-state index contributed by atoms with van der Waals surface area (Å²) >= 11 is 0. The summed E-state index contributed by atoms with van der Waals surface area (Å²) in [4.78, 5) is 10.1. The maximum Gasteiger partial charge on any atom is 0.270 e. The molecule has 0 aliphatic carbocycles. The second-order valence-electron chi connectivity index (χ2n) is 3.46. The van der Waals surface area contributed by atoms with E-state index in [0.29, 0.717) is 24.3 Å². The van der Waals surface area contributed by atoms with Crippen molar-refractivity contribution in [1.29, 1.82) is 0 Å². The first-order valence-corrected chi connectivity index (χ1v) is 4.69. The van der Waals surface area contributed by atoms with E-state index in [1.165, 1.54) is 18.2 Å². The lowest BCUT2D eigenvalue weighted by Crippen LogP contribution is -2.50. The van der Waals surface area contributed by atoms with Gasteiger partial charge in [-0.15, -0.1) is 0 Å². The molecule has 1 aliphatic heterocycles. The monoisotopic (exact) mass is 209 g/mol. The van der Waals surface area contributed by atoms with Crippen LogP contribution in [-0.4, -0.2) is 11.5 Å². The van der Waals surface area contributed by atoms with Crippen molar-refractivity contribution in [3.05, 3.63) is 39.1 Å². The molecule has 6 heteroatoms. The molecule has 80 valence electrons. The molecule has 1 aliphatic rings. The van der Waals surface area contributed by atoms with Crippen molar-refractivity contribution in [2.24, 2.45) is 0 Å². The van der Waals surface area contributed by atoms with E-state index >= 15 is 0 Å². The number of hydrogen-bond acceptors (Lipinski definition) is 4. The van der Waals surface area contributed by atoms with Gasteiger partial charge in [-0.25, -0.2) is 4.76 Å². The number of hydroxylamine groups is 1. The van der Waals surface area contributed by atoms with Crippen LogP contribution in [0.4, 0.5) is 11.4 Å². The minimum absolute atomic E-state index is 0.0279. The van der Waals surface area contributed by atoms with Crippen LogP contribution in [0.1, 0.15) is 12.5 Å². The second-order valence-corrected chi connectivity index (χ2v) is 3.46. The molecule has 1 aromatic rings. The van der Waals surface area contributed by atoms with E-state index in [-0.39, 0.29) is 5.69 Å². The van der Waals surface area contributed by atoms with Gasteiger partial charge in [0.05, 0.1) is 18.0 Å². The van der Waals surface area contributed by atoms with E-state index in [1.54, 1.807) is 6.92 Å². The zero-order valence-corrected chi connectivity index (χ0v) is 8.27. The zero-order chi connectivity index (χ0) is 11.1. The molecule has 2 rings (SSSR count). The predicted molar refractivity (Wildman–Crippen MR) is 55.6 cm³/mol. The maximum absolute atomic E-state index is 12.0. The minimum atomic E-state index is -0.604. The average Bonchev–Trinajstić information content (AvgIpc) is 2.57. The van der Waals surface area contributed by atoms with Gasteiger partial charge in [0.15, 0.2) is 5.69 Å². The van der Waals surface area contributed by atoms with Crippen LogP contribution >= 0.6 is 0 Å². The molecule has 1 unspecified atom stereocenters. The van der Waals surface area contributed by atoms with Crippen molar-refractivity contribution in [2.75, 3.05) is 6.54 Å². The van der Waals surface area contributed by atoms with Crippen LogP contribution in [-0.2, 0) is 6.54 Å². The van der Waals surface area contributed by atoms with Gasteiger partial charge >= 0.3 is 0 Å². The van der Waals surface area contributed by atoms with Gasteiger partial charge in [-0.3, -0.25) is 10.1 Å². The third-order valence-corrected chi connectivity index (χ3v) is 2.63. The van der Waals surface area contributed by atoms with Crippen molar-refractivity contribution in [3.63, 3.8) is 0 Å². The second kappa shape index (κ2) is 3.27. The van der Waals surface area contributed by atoms with E-state index in [1.807, 2.05) is 0 Å². The number of nitro groups is 1. The summed E-state index contributed by atoms with van der Waals surface area (Å²) in [6, 6.07) is 4.35. The molecule has 0 bridgehead atoms. The molecule has 0 fully saturated rings. The van der Waals surface area contributed by atoms with Gasteiger partial charge in [0.2, 0.25) is 0 Å². The Kier molecular flexibility index (Phi) is 2.18. The largest absolute Gasteiger partial charge is 0.606 e. The van der Waals surface area contributed by atoms with Gasteiger partial charge in [-0.1, -0.05) is 0 Å². The van der Waals surface area contributed by atoms with Gasteiger partial charge in [-0.05, 0) is 6.92 Å². The highest BCUT2D eigenvalue weighted by Gasteiger charge is 2.30. The number of benzene rings is 1. The molecular weight excluding hydrogens is 198 g/mol. The number of nitrogens with zero attached hydrogens (tertiary/aromatic N) is 2. The van der Waals surface area contributed by atoms with Crippen molar-refractivity contribution in [1.82, 2.24) is 10.2 Å². The minimum Gasteiger partial charge on any atom is -0.606 e. The molecule has 0 saturated heterocycles. The lowest BCUT2D eigenvalue weighted by atomic mass is 10.1. The van der Waals surface area contributed by atoms with Crippen molar-refractivity contribution in [2.45, 2.75) is 13.5 Å². The lowest BCUT2D eigenvalue weighted by Gasteiger charge is -2.35. The third kappa shape index (κ3) is 1.48. The normalized spacial score (nSPS) is 23.9. The number of quaternary nitrogens is 1. The Morgan fingerprint density at radius 2 is 2.33 bits per heavy atom. The Balaban J connectivity index is 2.46. The van der Waals surface area contributed by atoms with Crippen LogP contribution in [0, 0.1) is 15.3 Å². The van der Waals surface area contributed by atoms with Gasteiger partial charge in [-0.2, -0.15) is 5.43 Å². The Bertz CT molecular complexity index is 421. The molecule has 1 N–H and O–H groups in total. The molecule has 0 spiro atoms. The fraction of sp³-hybridized carbons (Fsp3) is 0.333. The number of fused-ring (bicyclic) bond motifs is 1. The Labute approximate surface area is 86.4 Å². The SMILES string of the molecule is CC[N+]1([O-])NCc2cc([N+](=O)[O-])ccc21. The van der Waals surface area contributed by atoms with Gasteiger partial charge in [0.1, 0.15) is 0 Å². The molecule has 0 amide bonds. The summed E-state index contributed by atoms with van der Waals surface area (Å²) in [5, 5.41) is 22.6. The highest BCUT2D eigenvalue weighted by atomic mass is 16.6. The summed E-state index contributed by atoms with van der Waals surface area (Å²) in [5.74, 6) is 0. The number of non-ortho nitro benzene ring substituents is 1. The van der Waals surface area contributed by atoms with E-state index < -0.39 is 9.68 Å². The van der Waals surface area contributed by atoms with Gasteiger partial charge in [0, 0.05) is 23.8 Å². The molecule has 0 radical (unpaired) electrons. The van der Waals surface area contributed by atoms with E-state index in [4.69, 9.17) is 0 Å². The highest BCUT2D eigenvalue weighted by molar-refractivity contribution is 5.57. The fourth-order valence-electron chi connectivity index (χ4n) is 1.76. The number of hydrogen-bond donors (Lipinski definition) is 1. The standard InChI is InChI=1S/C9H11N3O3/c1-2-12(15)9-4-3-8(11(13)14)5-7(9)6-10-12/h3-5,10H,2,6H2,1H3. The molecule has 1 atom stereocenters. The van der Waals surface area contributed by atoms with Crippen LogP contribution in [0.2, 0.25) is 0 Å². The van der Waals surface area contributed by atoms with E-state index in [2.05, 4.69) is 5.43 Å². The van der Waals surface area contributed by atoms with Crippen LogP contribution in [0.5, 0.6) is 0 Å². The Hall–Kier alpha value is -1.50. The van der Waals surface area contributed by atoms with E-state index in [0.717, 1.165) is 0 Å². The van der Waals surface area contributed by atoms with Gasteiger partial charge in [0.25, 0.3) is 5.69 Å². The summed E-state index contributed by atoms with van der Waals surface area (Å²) in [7, 11) is 0. The Morgan fingerprint density at radius 3 is 2.93 bits per heavy atom. The third-order valence-electron chi connectivity index (χ3n) is 2.63. The maximum atomic E-state index is 12.0. The number of nitrogens with one attached hydrogen (secondary N) is 1. The molecule has 1 aromatic carbocycles. The molecular formula is C9H11N3O3. The molecule has 0 saturated carbocycles. The highest BCUT2D eigenvalue weighted by Crippen LogP contribution is 2.32. The van der Waals surface area contributed by atoms with Crippen LogP contribution in [0.15, 0.2) is 18.2 Å². The summed E-state index contributed by atoms with van der Waals surface area (Å²) in [6.45, 7) is 2.52.